The summed E-state index contributed by atoms with van der Waals surface area (Å²) in [6, 6.07) is 4.60. The molecule has 1 aromatic heterocycles. The molecule has 5 heteroatoms. The van der Waals surface area contributed by atoms with E-state index in [9.17, 15) is 0 Å². The Bertz CT molecular complexity index is 326. The minimum atomic E-state index is 0. The van der Waals surface area contributed by atoms with Gasteiger partial charge in [-0.3, -0.25) is 9.88 Å². The van der Waals surface area contributed by atoms with Crippen molar-refractivity contribution >= 4 is 24.8 Å². The molecule has 1 aliphatic heterocycles. The van der Waals surface area contributed by atoms with E-state index in [0.717, 1.165) is 32.6 Å². The molecule has 102 valence electrons. The number of rotatable bonds is 4. The first kappa shape index (κ1) is 17.4. The van der Waals surface area contributed by atoms with Gasteiger partial charge in [-0.1, -0.05) is 12.1 Å². The highest BCUT2D eigenvalue weighted by Gasteiger charge is 2.20. The lowest BCUT2D eigenvalue weighted by Crippen LogP contribution is -2.45. The Hall–Kier alpha value is -0.610. The van der Waals surface area contributed by atoms with Gasteiger partial charge in [0.25, 0.3) is 0 Å². The quantitative estimate of drug-likeness (QED) is 0.863. The van der Waals surface area contributed by atoms with Gasteiger partial charge in [0.05, 0.1) is 0 Å². The van der Waals surface area contributed by atoms with Crippen molar-refractivity contribution in [2.45, 2.75) is 12.5 Å². The number of pyridine rings is 1. The fraction of sp³-hybridized carbons (Fsp3) is 0.462. The van der Waals surface area contributed by atoms with E-state index in [-0.39, 0.29) is 24.8 Å². The molecular weight excluding hydrogens is 269 g/mol. The van der Waals surface area contributed by atoms with Crippen molar-refractivity contribution in [2.24, 2.45) is 0 Å². The summed E-state index contributed by atoms with van der Waals surface area (Å²) in [6.07, 6.45) is 6.79. The van der Waals surface area contributed by atoms with E-state index in [1.165, 1.54) is 5.56 Å². The van der Waals surface area contributed by atoms with Crippen molar-refractivity contribution in [2.75, 3.05) is 26.2 Å². The van der Waals surface area contributed by atoms with Crippen LogP contribution in [0.4, 0.5) is 0 Å². The van der Waals surface area contributed by atoms with Gasteiger partial charge in [0.2, 0.25) is 0 Å². The van der Waals surface area contributed by atoms with Gasteiger partial charge in [0, 0.05) is 44.6 Å². The predicted octanol–water partition coefficient (Wildman–Crippen LogP) is 2.45. The average Bonchev–Trinajstić information content (AvgIpc) is 2.38. The third-order valence-corrected chi connectivity index (χ3v) is 3.05. The van der Waals surface area contributed by atoms with E-state index < -0.39 is 0 Å². The summed E-state index contributed by atoms with van der Waals surface area (Å²) in [5.41, 5.74) is 1.30. The second-order valence-electron chi connectivity index (χ2n) is 4.11. The molecule has 0 amide bonds. The number of halogens is 2. The number of nitrogens with zero attached hydrogens (tertiary/aromatic N) is 2. The lowest BCUT2D eigenvalue weighted by molar-refractivity contribution is 0.174. The van der Waals surface area contributed by atoms with Crippen LogP contribution in [-0.4, -0.2) is 36.1 Å². The highest BCUT2D eigenvalue weighted by atomic mass is 35.5. The van der Waals surface area contributed by atoms with Crippen LogP contribution in [0.3, 0.4) is 0 Å². The molecule has 0 bridgehead atoms. The molecule has 2 rings (SSSR count). The summed E-state index contributed by atoms with van der Waals surface area (Å²) in [6.45, 7) is 8.22. The summed E-state index contributed by atoms with van der Waals surface area (Å²) >= 11 is 0. The van der Waals surface area contributed by atoms with Crippen LogP contribution in [0, 0.1) is 0 Å². The Kier molecular flexibility index (Phi) is 9.02. The molecule has 0 saturated carbocycles. The maximum atomic E-state index is 4.21. The van der Waals surface area contributed by atoms with Crippen LogP contribution < -0.4 is 5.32 Å². The summed E-state index contributed by atoms with van der Waals surface area (Å²) in [5.74, 6) is 0. The monoisotopic (exact) mass is 289 g/mol. The van der Waals surface area contributed by atoms with Gasteiger partial charge in [-0.15, -0.1) is 31.4 Å². The van der Waals surface area contributed by atoms with Gasteiger partial charge >= 0.3 is 0 Å². The van der Waals surface area contributed by atoms with Crippen molar-refractivity contribution in [3.8, 4) is 0 Å². The Morgan fingerprint density at radius 2 is 2.11 bits per heavy atom. The maximum absolute atomic E-state index is 4.21. The van der Waals surface area contributed by atoms with E-state index in [2.05, 4.69) is 27.8 Å². The fourth-order valence-corrected chi connectivity index (χ4v) is 2.22. The predicted molar refractivity (Wildman–Crippen MR) is 80.7 cm³/mol. The lowest BCUT2D eigenvalue weighted by Gasteiger charge is -2.34. The first-order valence-electron chi connectivity index (χ1n) is 5.87. The number of nitrogens with one attached hydrogen (secondary N) is 1. The lowest BCUT2D eigenvalue weighted by atomic mass is 10.0. The van der Waals surface area contributed by atoms with Gasteiger partial charge in [-0.25, -0.2) is 0 Å². The van der Waals surface area contributed by atoms with Crippen LogP contribution in [0.1, 0.15) is 18.0 Å². The number of hydrogen-bond donors (Lipinski definition) is 1. The zero-order valence-electron chi connectivity index (χ0n) is 10.4. The second kappa shape index (κ2) is 9.34. The molecule has 1 N–H and O–H groups in total. The van der Waals surface area contributed by atoms with Gasteiger partial charge < -0.3 is 5.32 Å². The molecule has 0 spiro atoms. The van der Waals surface area contributed by atoms with Gasteiger partial charge in [0.1, 0.15) is 0 Å². The van der Waals surface area contributed by atoms with Crippen molar-refractivity contribution in [1.82, 2.24) is 15.2 Å². The topological polar surface area (TPSA) is 28.2 Å². The first-order chi connectivity index (χ1) is 7.92. The molecule has 0 radical (unpaired) electrons. The summed E-state index contributed by atoms with van der Waals surface area (Å²) in [7, 11) is 0. The Morgan fingerprint density at radius 1 is 1.39 bits per heavy atom. The van der Waals surface area contributed by atoms with Crippen LogP contribution in [-0.2, 0) is 0 Å². The van der Waals surface area contributed by atoms with Gasteiger partial charge in [-0.2, -0.15) is 0 Å². The molecule has 2 heterocycles. The summed E-state index contributed by atoms with van der Waals surface area (Å²) < 4.78 is 0. The summed E-state index contributed by atoms with van der Waals surface area (Å²) in [4.78, 5) is 6.72. The zero-order valence-corrected chi connectivity index (χ0v) is 12.1. The van der Waals surface area contributed by atoms with Crippen molar-refractivity contribution < 1.29 is 0 Å². The molecule has 18 heavy (non-hydrogen) atoms. The molecule has 1 saturated heterocycles. The highest BCUT2D eigenvalue weighted by Crippen LogP contribution is 2.23. The summed E-state index contributed by atoms with van der Waals surface area (Å²) in [5, 5.41) is 3.38. The maximum Gasteiger partial charge on any atom is 0.0398 e. The van der Waals surface area contributed by atoms with Crippen LogP contribution in [0.2, 0.25) is 0 Å². The average molecular weight is 290 g/mol. The highest BCUT2D eigenvalue weighted by molar-refractivity contribution is 5.85. The Labute approximate surface area is 121 Å². The standard InChI is InChI=1S/C13H19N3.2ClH/c1-2-4-13(12-5-3-6-15-11-12)16-9-7-14-8-10-16;;/h2-3,5-6,11,13-14H,1,4,7-10H2;2*1H/t13-;;/m0../s1. The minimum Gasteiger partial charge on any atom is -0.314 e. The van der Waals surface area contributed by atoms with Crippen LogP contribution >= 0.6 is 24.8 Å². The number of hydrogen-bond acceptors (Lipinski definition) is 3. The molecule has 1 fully saturated rings. The van der Waals surface area contributed by atoms with Crippen molar-refractivity contribution in [3.05, 3.63) is 42.7 Å². The van der Waals surface area contributed by atoms with Gasteiger partial charge in [0.15, 0.2) is 0 Å². The second-order valence-corrected chi connectivity index (χ2v) is 4.11. The third kappa shape index (κ3) is 4.58. The fourth-order valence-electron chi connectivity index (χ4n) is 2.22. The Morgan fingerprint density at radius 3 is 2.67 bits per heavy atom. The normalized spacial score (nSPS) is 17.1. The SMILES string of the molecule is C=CC[C@@H](c1cccnc1)N1CCNCC1.Cl.Cl. The molecule has 0 unspecified atom stereocenters. The van der Waals surface area contributed by atoms with Gasteiger partial charge in [-0.05, 0) is 18.1 Å². The van der Waals surface area contributed by atoms with Crippen LogP contribution in [0.5, 0.6) is 0 Å². The largest absolute Gasteiger partial charge is 0.314 e. The molecule has 3 nitrogen and oxygen atoms in total. The zero-order chi connectivity index (χ0) is 11.2. The van der Waals surface area contributed by atoms with E-state index in [1.807, 2.05) is 24.5 Å². The smallest absolute Gasteiger partial charge is 0.0398 e. The minimum absolute atomic E-state index is 0. The van der Waals surface area contributed by atoms with E-state index in [4.69, 9.17) is 0 Å². The molecule has 1 aliphatic rings. The van der Waals surface area contributed by atoms with Crippen molar-refractivity contribution in [1.29, 1.82) is 0 Å². The molecular formula is C13H21Cl2N3. The third-order valence-electron chi connectivity index (χ3n) is 3.05. The van der Waals surface area contributed by atoms with Crippen LogP contribution in [0.25, 0.3) is 0 Å². The Balaban J connectivity index is 0.00000144. The van der Waals surface area contributed by atoms with E-state index in [0.29, 0.717) is 6.04 Å². The number of piperazine rings is 1. The first-order valence-corrected chi connectivity index (χ1v) is 5.87. The molecule has 1 aromatic rings. The van der Waals surface area contributed by atoms with Crippen molar-refractivity contribution in [3.63, 3.8) is 0 Å². The molecule has 1 atom stereocenters. The molecule has 0 aromatic carbocycles. The van der Waals surface area contributed by atoms with E-state index in [1.54, 1.807) is 0 Å². The van der Waals surface area contributed by atoms with E-state index >= 15 is 0 Å². The molecule has 0 aliphatic carbocycles. The van der Waals surface area contributed by atoms with Crippen LogP contribution in [0.15, 0.2) is 37.2 Å². The number of aromatic nitrogens is 1.